The minimum atomic E-state index is 0.404. The van der Waals surface area contributed by atoms with E-state index in [-0.39, 0.29) is 0 Å². The molecule has 1 aromatic carbocycles. The van der Waals surface area contributed by atoms with E-state index in [2.05, 4.69) is 15.5 Å². The molecule has 2 N–H and O–H groups in total. The standard InChI is InChI=1S/C9H10ClN5/c1-6-7(4-11)9(3-2-8(6)10)15-5-12-13-14-15/h2-3,5H,4,11H2,1H3. The van der Waals surface area contributed by atoms with Crippen molar-refractivity contribution in [3.8, 4) is 5.69 Å². The molecule has 0 fully saturated rings. The number of halogens is 1. The third kappa shape index (κ3) is 1.71. The number of rotatable bonds is 2. The summed E-state index contributed by atoms with van der Waals surface area (Å²) in [4.78, 5) is 0. The largest absolute Gasteiger partial charge is 0.326 e. The number of aromatic nitrogens is 4. The van der Waals surface area contributed by atoms with Gasteiger partial charge in [0.1, 0.15) is 6.33 Å². The highest BCUT2D eigenvalue weighted by atomic mass is 35.5. The number of hydrogen-bond acceptors (Lipinski definition) is 4. The molecule has 6 heteroatoms. The van der Waals surface area contributed by atoms with Crippen molar-refractivity contribution in [3.05, 3.63) is 34.6 Å². The maximum atomic E-state index is 6.01. The average Bonchev–Trinajstić information content (AvgIpc) is 2.75. The summed E-state index contributed by atoms with van der Waals surface area (Å²) < 4.78 is 1.57. The molecule has 0 unspecified atom stereocenters. The van der Waals surface area contributed by atoms with Crippen molar-refractivity contribution in [1.29, 1.82) is 0 Å². The predicted molar refractivity (Wildman–Crippen MR) is 56.8 cm³/mol. The Bertz CT molecular complexity index is 466. The van der Waals surface area contributed by atoms with Crippen molar-refractivity contribution in [2.75, 3.05) is 0 Å². The first-order valence-electron chi connectivity index (χ1n) is 4.45. The second-order valence-corrected chi connectivity index (χ2v) is 3.54. The Hall–Kier alpha value is -1.46. The van der Waals surface area contributed by atoms with Crippen LogP contribution in [0.25, 0.3) is 5.69 Å². The monoisotopic (exact) mass is 223 g/mol. The molecule has 78 valence electrons. The van der Waals surface area contributed by atoms with Crippen molar-refractivity contribution in [1.82, 2.24) is 20.2 Å². The Morgan fingerprint density at radius 2 is 2.27 bits per heavy atom. The smallest absolute Gasteiger partial charge is 0.143 e. The molecule has 0 saturated heterocycles. The molecule has 0 aliphatic heterocycles. The average molecular weight is 224 g/mol. The van der Waals surface area contributed by atoms with Crippen LogP contribution in [0.4, 0.5) is 0 Å². The second kappa shape index (κ2) is 3.96. The predicted octanol–water partition coefficient (Wildman–Crippen LogP) is 1.08. The van der Waals surface area contributed by atoms with E-state index >= 15 is 0 Å². The van der Waals surface area contributed by atoms with Crippen LogP contribution in [-0.2, 0) is 6.54 Å². The minimum absolute atomic E-state index is 0.404. The molecular formula is C9H10ClN5. The Kier molecular flexibility index (Phi) is 2.66. The molecular weight excluding hydrogens is 214 g/mol. The molecule has 0 bridgehead atoms. The van der Waals surface area contributed by atoms with Crippen LogP contribution in [0, 0.1) is 6.92 Å². The van der Waals surface area contributed by atoms with Crippen molar-refractivity contribution >= 4 is 11.6 Å². The lowest BCUT2D eigenvalue weighted by Gasteiger charge is -2.10. The lowest BCUT2D eigenvalue weighted by molar-refractivity contribution is 0.778. The van der Waals surface area contributed by atoms with E-state index in [1.165, 1.54) is 6.33 Å². The molecule has 15 heavy (non-hydrogen) atoms. The van der Waals surface area contributed by atoms with Gasteiger partial charge in [0.15, 0.2) is 0 Å². The van der Waals surface area contributed by atoms with Crippen LogP contribution in [0.15, 0.2) is 18.5 Å². The summed E-state index contributed by atoms with van der Waals surface area (Å²) in [5.74, 6) is 0. The fraction of sp³-hybridized carbons (Fsp3) is 0.222. The Balaban J connectivity index is 2.62. The van der Waals surface area contributed by atoms with E-state index in [0.29, 0.717) is 11.6 Å². The maximum Gasteiger partial charge on any atom is 0.143 e. The highest BCUT2D eigenvalue weighted by molar-refractivity contribution is 6.31. The zero-order chi connectivity index (χ0) is 10.8. The third-order valence-electron chi connectivity index (χ3n) is 2.31. The molecule has 1 aromatic heterocycles. The molecule has 0 aliphatic rings. The topological polar surface area (TPSA) is 69.6 Å². The summed E-state index contributed by atoms with van der Waals surface area (Å²) in [7, 11) is 0. The molecule has 5 nitrogen and oxygen atoms in total. The van der Waals surface area contributed by atoms with E-state index in [0.717, 1.165) is 16.8 Å². The number of hydrogen-bond donors (Lipinski definition) is 1. The van der Waals surface area contributed by atoms with Gasteiger partial charge in [-0.3, -0.25) is 0 Å². The van der Waals surface area contributed by atoms with Gasteiger partial charge in [-0.05, 0) is 40.6 Å². The van der Waals surface area contributed by atoms with Crippen molar-refractivity contribution in [2.45, 2.75) is 13.5 Å². The van der Waals surface area contributed by atoms with Gasteiger partial charge in [-0.1, -0.05) is 11.6 Å². The van der Waals surface area contributed by atoms with Gasteiger partial charge in [0.2, 0.25) is 0 Å². The number of benzene rings is 1. The molecule has 0 saturated carbocycles. The van der Waals surface area contributed by atoms with Gasteiger partial charge in [-0.25, -0.2) is 4.68 Å². The molecule has 0 radical (unpaired) electrons. The van der Waals surface area contributed by atoms with E-state index in [4.69, 9.17) is 17.3 Å². The summed E-state index contributed by atoms with van der Waals surface area (Å²) in [6.07, 6.45) is 1.53. The fourth-order valence-corrected chi connectivity index (χ4v) is 1.63. The molecule has 0 atom stereocenters. The van der Waals surface area contributed by atoms with Crippen LogP contribution in [0.5, 0.6) is 0 Å². The van der Waals surface area contributed by atoms with Crippen molar-refractivity contribution in [3.63, 3.8) is 0 Å². The van der Waals surface area contributed by atoms with Crippen molar-refractivity contribution in [2.24, 2.45) is 5.73 Å². The summed E-state index contributed by atoms with van der Waals surface area (Å²) in [5, 5.41) is 11.7. The van der Waals surface area contributed by atoms with E-state index in [1.807, 2.05) is 19.1 Å². The fourth-order valence-electron chi connectivity index (χ4n) is 1.46. The first-order chi connectivity index (χ1) is 7.24. The first-order valence-corrected chi connectivity index (χ1v) is 4.83. The zero-order valence-electron chi connectivity index (χ0n) is 8.18. The molecule has 0 amide bonds. The Morgan fingerprint density at radius 3 is 2.87 bits per heavy atom. The van der Waals surface area contributed by atoms with Crippen LogP contribution < -0.4 is 5.73 Å². The third-order valence-corrected chi connectivity index (χ3v) is 2.72. The normalized spacial score (nSPS) is 10.6. The Morgan fingerprint density at radius 1 is 1.47 bits per heavy atom. The van der Waals surface area contributed by atoms with Crippen LogP contribution >= 0.6 is 11.6 Å². The zero-order valence-corrected chi connectivity index (χ0v) is 8.94. The highest BCUT2D eigenvalue weighted by Crippen LogP contribution is 2.24. The minimum Gasteiger partial charge on any atom is -0.326 e. The van der Waals surface area contributed by atoms with Crippen LogP contribution in [-0.4, -0.2) is 20.2 Å². The maximum absolute atomic E-state index is 6.01. The van der Waals surface area contributed by atoms with E-state index < -0.39 is 0 Å². The molecule has 1 heterocycles. The van der Waals surface area contributed by atoms with E-state index in [9.17, 15) is 0 Å². The highest BCUT2D eigenvalue weighted by Gasteiger charge is 2.09. The van der Waals surface area contributed by atoms with Gasteiger partial charge in [-0.15, -0.1) is 5.10 Å². The molecule has 2 aromatic rings. The lowest BCUT2D eigenvalue weighted by Crippen LogP contribution is -2.07. The van der Waals surface area contributed by atoms with Crippen molar-refractivity contribution < 1.29 is 0 Å². The Labute approximate surface area is 91.8 Å². The summed E-state index contributed by atoms with van der Waals surface area (Å²) in [6.45, 7) is 2.33. The second-order valence-electron chi connectivity index (χ2n) is 3.13. The van der Waals surface area contributed by atoms with Gasteiger partial charge in [0.05, 0.1) is 5.69 Å². The quantitative estimate of drug-likeness (QED) is 0.827. The van der Waals surface area contributed by atoms with Gasteiger partial charge < -0.3 is 5.73 Å². The summed E-state index contributed by atoms with van der Waals surface area (Å²) in [6, 6.07) is 3.67. The van der Waals surface area contributed by atoms with E-state index in [1.54, 1.807) is 4.68 Å². The summed E-state index contributed by atoms with van der Waals surface area (Å²) in [5.41, 5.74) is 8.47. The van der Waals surface area contributed by atoms with Crippen LogP contribution in [0.2, 0.25) is 5.02 Å². The molecule has 0 aliphatic carbocycles. The molecule has 0 spiro atoms. The van der Waals surface area contributed by atoms with Gasteiger partial charge in [-0.2, -0.15) is 0 Å². The number of nitrogens with two attached hydrogens (primary N) is 1. The number of tetrazole rings is 1. The SMILES string of the molecule is Cc1c(Cl)ccc(-n2cnnn2)c1CN. The first kappa shape index (κ1) is 10.1. The van der Waals surface area contributed by atoms with Gasteiger partial charge in [0, 0.05) is 11.6 Å². The van der Waals surface area contributed by atoms with Gasteiger partial charge in [0.25, 0.3) is 0 Å². The van der Waals surface area contributed by atoms with Crippen LogP contribution in [0.3, 0.4) is 0 Å². The lowest BCUT2D eigenvalue weighted by atomic mass is 10.1. The summed E-state index contributed by atoms with van der Waals surface area (Å²) >= 11 is 6.01. The van der Waals surface area contributed by atoms with Crippen LogP contribution in [0.1, 0.15) is 11.1 Å². The molecule has 2 rings (SSSR count). The number of nitrogens with zero attached hydrogens (tertiary/aromatic N) is 4. The van der Waals surface area contributed by atoms with Gasteiger partial charge >= 0.3 is 0 Å².